The van der Waals surface area contributed by atoms with E-state index >= 15 is 0 Å². The lowest BCUT2D eigenvalue weighted by molar-refractivity contribution is 0.669. The Morgan fingerprint density at radius 1 is 0.258 bits per heavy atom. The van der Waals surface area contributed by atoms with Gasteiger partial charge in [-0.2, -0.15) is 0 Å². The number of anilines is 6. The molecule has 0 aliphatic carbocycles. The smallest absolute Gasteiger partial charge is 0.160 e. The fraction of sp³-hybridized carbons (Fsp3) is 0. The average molecular weight is 841 g/mol. The summed E-state index contributed by atoms with van der Waals surface area (Å²) >= 11 is 0. The van der Waals surface area contributed by atoms with Gasteiger partial charge in [-0.25, -0.2) is 0 Å². The summed E-state index contributed by atoms with van der Waals surface area (Å²) < 4.78 is 13.8. The molecule has 0 unspecified atom stereocenters. The van der Waals surface area contributed by atoms with Gasteiger partial charge in [-0.15, -0.1) is 0 Å². The fourth-order valence-electron chi connectivity index (χ4n) is 11.2. The molecule has 2 aromatic heterocycles. The van der Waals surface area contributed by atoms with Crippen LogP contribution >= 0.6 is 0 Å². The van der Waals surface area contributed by atoms with Crippen LogP contribution in [-0.2, 0) is 0 Å². The summed E-state index contributed by atoms with van der Waals surface area (Å²) in [5, 5.41) is 16.5. The number of rotatable bonds is 7. The van der Waals surface area contributed by atoms with Crippen molar-refractivity contribution in [3.8, 4) is 11.1 Å². The first kappa shape index (κ1) is 35.6. The molecule has 0 spiro atoms. The van der Waals surface area contributed by atoms with E-state index in [1.807, 2.05) is 0 Å². The minimum absolute atomic E-state index is 0.874. The first-order valence-electron chi connectivity index (χ1n) is 22.6. The van der Waals surface area contributed by atoms with Gasteiger partial charge in [0.15, 0.2) is 11.2 Å². The topological polar surface area (TPSA) is 32.8 Å². The molecule has 0 fully saturated rings. The van der Waals surface area contributed by atoms with Crippen molar-refractivity contribution < 1.29 is 8.83 Å². The van der Waals surface area contributed by atoms with E-state index in [9.17, 15) is 0 Å². The summed E-state index contributed by atoms with van der Waals surface area (Å²) in [4.78, 5) is 4.83. The third-order valence-corrected chi connectivity index (χ3v) is 14.1. The van der Waals surface area contributed by atoms with Gasteiger partial charge in [-0.3, -0.25) is 0 Å². The number of hydrogen-bond acceptors (Lipinski definition) is 4. The molecule has 0 radical (unpaired) electrons. The molecule has 13 aromatic carbocycles. The molecule has 4 heteroatoms. The minimum Gasteiger partial charge on any atom is -0.454 e. The molecule has 15 aromatic rings. The van der Waals surface area contributed by atoms with Crippen molar-refractivity contribution >= 4 is 132 Å². The quantitative estimate of drug-likeness (QED) is 0.150. The molecule has 0 amide bonds. The summed E-state index contributed by atoms with van der Waals surface area (Å²) in [7, 11) is 0. The van der Waals surface area contributed by atoms with E-state index in [0.717, 1.165) is 99.9 Å². The normalized spacial score (nSPS) is 12.2. The number of benzene rings is 13. The van der Waals surface area contributed by atoms with Crippen molar-refractivity contribution in [2.75, 3.05) is 9.80 Å². The highest BCUT2D eigenvalue weighted by Gasteiger charge is 2.28. The molecule has 0 N–H and O–H groups in total. The largest absolute Gasteiger partial charge is 0.454 e. The van der Waals surface area contributed by atoms with Crippen LogP contribution in [0.1, 0.15) is 0 Å². The van der Waals surface area contributed by atoms with Crippen molar-refractivity contribution in [3.05, 3.63) is 218 Å². The van der Waals surface area contributed by atoms with Gasteiger partial charge in [0.2, 0.25) is 0 Å². The Morgan fingerprint density at radius 2 is 0.682 bits per heavy atom. The van der Waals surface area contributed by atoms with E-state index < -0.39 is 0 Å². The van der Waals surface area contributed by atoms with Gasteiger partial charge in [0.1, 0.15) is 11.2 Å². The molecular formula is C62H36N2O2. The van der Waals surface area contributed by atoms with Crippen LogP contribution in [0, 0.1) is 0 Å². The van der Waals surface area contributed by atoms with Gasteiger partial charge in [-0.1, -0.05) is 164 Å². The highest BCUT2D eigenvalue weighted by Crippen LogP contribution is 2.53. The van der Waals surface area contributed by atoms with E-state index in [1.165, 1.54) is 43.1 Å². The summed E-state index contributed by atoms with van der Waals surface area (Å²) in [6.45, 7) is 0. The van der Waals surface area contributed by atoms with Crippen LogP contribution in [0.2, 0.25) is 0 Å². The Labute approximate surface area is 378 Å². The highest BCUT2D eigenvalue weighted by atomic mass is 16.3. The Balaban J connectivity index is 1.02. The van der Waals surface area contributed by atoms with Gasteiger partial charge in [0, 0.05) is 43.6 Å². The van der Waals surface area contributed by atoms with Crippen LogP contribution in [-0.4, -0.2) is 0 Å². The predicted octanol–water partition coefficient (Wildman–Crippen LogP) is 18.2. The monoisotopic (exact) mass is 840 g/mol. The van der Waals surface area contributed by atoms with Crippen molar-refractivity contribution in [1.82, 2.24) is 0 Å². The molecular weight excluding hydrogens is 805 g/mol. The lowest BCUT2D eigenvalue weighted by Crippen LogP contribution is -2.12. The van der Waals surface area contributed by atoms with Gasteiger partial charge < -0.3 is 18.6 Å². The predicted molar refractivity (Wildman–Crippen MR) is 277 cm³/mol. The minimum atomic E-state index is 0.874. The van der Waals surface area contributed by atoms with E-state index in [1.54, 1.807) is 0 Å². The van der Waals surface area contributed by atoms with Crippen LogP contribution in [0.5, 0.6) is 0 Å². The van der Waals surface area contributed by atoms with Gasteiger partial charge in [0.05, 0.1) is 28.4 Å². The van der Waals surface area contributed by atoms with E-state index in [-0.39, 0.29) is 0 Å². The number of nitrogens with zero attached hydrogens (tertiary/aromatic N) is 2. The van der Waals surface area contributed by atoms with Crippen molar-refractivity contribution in [3.63, 3.8) is 0 Å². The molecule has 4 nitrogen and oxygen atoms in total. The molecule has 0 bridgehead atoms. The van der Waals surface area contributed by atoms with E-state index in [4.69, 9.17) is 8.83 Å². The number of furan rings is 2. The molecule has 66 heavy (non-hydrogen) atoms. The summed E-state index contributed by atoms with van der Waals surface area (Å²) in [6, 6.07) is 79.1. The van der Waals surface area contributed by atoms with Crippen LogP contribution in [0.4, 0.5) is 34.1 Å². The lowest BCUT2D eigenvalue weighted by Gasteiger charge is -2.30. The SMILES string of the molecule is c1ccc(-c2ccccc2N(c2ccc3ccc4c(N(c5ccccc5)c5ccc6ccc7cccc8oc5c6c78)ccc5ccc2c3c54)c2ccc3ccc4cccc5oc2c3c45)cc1. The molecule has 15 rings (SSSR count). The van der Waals surface area contributed by atoms with Gasteiger partial charge >= 0.3 is 0 Å². The zero-order valence-corrected chi connectivity index (χ0v) is 35.5. The third-order valence-electron chi connectivity index (χ3n) is 14.1. The Kier molecular flexibility index (Phi) is 7.19. The second-order valence-corrected chi connectivity index (χ2v) is 17.5. The molecule has 0 atom stereocenters. The number of para-hydroxylation sites is 2. The Hall–Kier alpha value is -8.86. The van der Waals surface area contributed by atoms with Gasteiger partial charge in [0.25, 0.3) is 0 Å². The van der Waals surface area contributed by atoms with Crippen molar-refractivity contribution in [2.45, 2.75) is 0 Å². The first-order valence-corrected chi connectivity index (χ1v) is 22.6. The molecule has 0 aliphatic rings. The zero-order chi connectivity index (χ0) is 43.0. The maximum Gasteiger partial charge on any atom is 0.160 e. The summed E-state index contributed by atoms with van der Waals surface area (Å²) in [5.74, 6) is 0. The van der Waals surface area contributed by atoms with Crippen molar-refractivity contribution in [2.24, 2.45) is 0 Å². The second-order valence-electron chi connectivity index (χ2n) is 17.5. The summed E-state index contributed by atoms with van der Waals surface area (Å²) in [5.41, 5.74) is 12.1. The Bertz CT molecular complexity index is 4360. The lowest BCUT2D eigenvalue weighted by atomic mass is 9.91. The van der Waals surface area contributed by atoms with Crippen LogP contribution in [0.25, 0.3) is 109 Å². The second kappa shape index (κ2) is 13.3. The summed E-state index contributed by atoms with van der Waals surface area (Å²) in [6.07, 6.45) is 0. The van der Waals surface area contributed by atoms with Gasteiger partial charge in [-0.05, 0) is 103 Å². The van der Waals surface area contributed by atoms with E-state index in [2.05, 4.69) is 228 Å². The standard InChI is InChI=1S/C62H36N2O2/c1-3-11-37(12-4-1)45-17-7-8-18-48(45)64(52-36-30-43-24-22-39-14-10-20-54-58(39)60(43)62(52)66-54)50-34-28-41-25-31-46-49(33-27-40-26-32-47(50)56(41)55(40)46)63(44-15-5-2-6-16-44)51-35-29-42-23-21-38-13-9-19-53-57(38)59(42)61(51)65-53/h1-36H. The van der Waals surface area contributed by atoms with Crippen LogP contribution < -0.4 is 9.80 Å². The molecule has 306 valence electrons. The maximum atomic E-state index is 6.97. The average Bonchev–Trinajstić information content (AvgIpc) is 3.98. The fourth-order valence-corrected chi connectivity index (χ4v) is 11.2. The third kappa shape index (κ3) is 4.87. The number of hydrogen-bond donors (Lipinski definition) is 0. The van der Waals surface area contributed by atoms with Crippen LogP contribution in [0.15, 0.2) is 227 Å². The Morgan fingerprint density at radius 3 is 1.26 bits per heavy atom. The maximum absolute atomic E-state index is 6.97. The zero-order valence-electron chi connectivity index (χ0n) is 35.5. The van der Waals surface area contributed by atoms with E-state index in [0.29, 0.717) is 0 Å². The molecule has 2 heterocycles. The van der Waals surface area contributed by atoms with Crippen LogP contribution in [0.3, 0.4) is 0 Å². The van der Waals surface area contributed by atoms with Crippen molar-refractivity contribution in [1.29, 1.82) is 0 Å². The molecule has 0 saturated carbocycles. The first-order chi connectivity index (χ1) is 32.7. The highest BCUT2D eigenvalue weighted by molar-refractivity contribution is 6.30. The molecule has 0 aliphatic heterocycles. The molecule has 0 saturated heterocycles.